The molecule has 1 saturated carbocycles. The van der Waals surface area contributed by atoms with Gasteiger partial charge in [0.05, 0.1) is 13.3 Å². The van der Waals surface area contributed by atoms with Gasteiger partial charge in [0, 0.05) is 12.6 Å². The maximum Gasteiger partial charge on any atom is 0.321 e. The molecule has 24 heavy (non-hydrogen) atoms. The molecule has 3 amide bonds. The van der Waals surface area contributed by atoms with Crippen LogP contribution in [0.3, 0.4) is 0 Å². The predicted molar refractivity (Wildman–Crippen MR) is 92.4 cm³/mol. The van der Waals surface area contributed by atoms with Gasteiger partial charge in [0.15, 0.2) is 10.2 Å². The summed E-state index contributed by atoms with van der Waals surface area (Å²) >= 11 is 1.25. The van der Waals surface area contributed by atoms with Crippen molar-refractivity contribution in [1.82, 2.24) is 15.2 Å². The summed E-state index contributed by atoms with van der Waals surface area (Å²) in [4.78, 5) is 30.9. The number of amides is 3. The molecule has 2 fully saturated rings. The van der Waals surface area contributed by atoms with E-state index in [9.17, 15) is 9.59 Å². The van der Waals surface area contributed by atoms with Crippen molar-refractivity contribution in [3.8, 4) is 5.06 Å². The Hall–Kier alpha value is -1.83. The van der Waals surface area contributed by atoms with E-state index < -0.39 is 12.1 Å². The summed E-state index contributed by atoms with van der Waals surface area (Å²) in [5.41, 5.74) is 0. The van der Waals surface area contributed by atoms with Crippen LogP contribution < -0.4 is 15.4 Å². The smallest absolute Gasteiger partial charge is 0.321 e. The first-order chi connectivity index (χ1) is 11.7. The van der Waals surface area contributed by atoms with Crippen molar-refractivity contribution in [2.45, 2.75) is 57.0 Å². The fourth-order valence-electron chi connectivity index (χ4n) is 3.49. The molecule has 1 atom stereocenters. The Kier molecular flexibility index (Phi) is 5.55. The minimum absolute atomic E-state index is 0.0556. The van der Waals surface area contributed by atoms with Crippen molar-refractivity contribution in [3.63, 3.8) is 0 Å². The summed E-state index contributed by atoms with van der Waals surface area (Å²) in [5, 5.41) is 6.55. The number of urea groups is 1. The van der Waals surface area contributed by atoms with Crippen LogP contribution in [0.15, 0.2) is 6.20 Å². The molecule has 1 unspecified atom stereocenters. The van der Waals surface area contributed by atoms with Gasteiger partial charge in [-0.2, -0.15) is 0 Å². The molecule has 1 aliphatic carbocycles. The average Bonchev–Trinajstić information content (AvgIpc) is 3.05. The second-order valence-corrected chi connectivity index (χ2v) is 7.30. The highest BCUT2D eigenvalue weighted by Crippen LogP contribution is 2.27. The summed E-state index contributed by atoms with van der Waals surface area (Å²) in [6, 6.07) is -0.486. The Labute approximate surface area is 145 Å². The van der Waals surface area contributed by atoms with Gasteiger partial charge in [-0.25, -0.2) is 9.78 Å². The van der Waals surface area contributed by atoms with E-state index in [1.54, 1.807) is 13.3 Å². The summed E-state index contributed by atoms with van der Waals surface area (Å²) < 4.78 is 5.05. The number of likely N-dealkylation sites (tertiary alicyclic amines) is 1. The Balaban J connectivity index is 1.55. The lowest BCUT2D eigenvalue weighted by atomic mass is 9.92. The van der Waals surface area contributed by atoms with Gasteiger partial charge in [-0.1, -0.05) is 30.6 Å². The number of thiazole rings is 1. The molecule has 1 aromatic rings. The van der Waals surface area contributed by atoms with Gasteiger partial charge < -0.3 is 15.0 Å². The van der Waals surface area contributed by atoms with E-state index in [4.69, 9.17) is 4.74 Å². The van der Waals surface area contributed by atoms with Crippen LogP contribution in [0.5, 0.6) is 5.06 Å². The quantitative estimate of drug-likeness (QED) is 0.872. The van der Waals surface area contributed by atoms with E-state index in [0.717, 1.165) is 25.8 Å². The predicted octanol–water partition coefficient (Wildman–Crippen LogP) is 2.60. The number of ether oxygens (including phenoxy) is 1. The van der Waals surface area contributed by atoms with E-state index in [-0.39, 0.29) is 5.91 Å². The minimum atomic E-state index is -0.442. The monoisotopic (exact) mass is 352 g/mol. The molecule has 0 bridgehead atoms. The number of nitrogens with one attached hydrogen (secondary N) is 2. The first kappa shape index (κ1) is 17.0. The molecule has 7 nitrogen and oxygen atoms in total. The maximum atomic E-state index is 12.7. The number of piperidine rings is 1. The van der Waals surface area contributed by atoms with Gasteiger partial charge in [0.1, 0.15) is 6.04 Å². The lowest BCUT2D eigenvalue weighted by Gasteiger charge is -2.39. The molecule has 0 aromatic carbocycles. The van der Waals surface area contributed by atoms with E-state index in [0.29, 0.717) is 22.7 Å². The van der Waals surface area contributed by atoms with Gasteiger partial charge in [-0.15, -0.1) is 0 Å². The lowest BCUT2D eigenvalue weighted by Crippen LogP contribution is -2.56. The normalized spacial score (nSPS) is 22.3. The van der Waals surface area contributed by atoms with Crippen LogP contribution in [0.25, 0.3) is 0 Å². The number of carbonyl (C=O) groups excluding carboxylic acids is 2. The Morgan fingerprint density at radius 1 is 1.29 bits per heavy atom. The lowest BCUT2D eigenvalue weighted by molar-refractivity contribution is -0.138. The second kappa shape index (κ2) is 7.83. The second-order valence-electron chi connectivity index (χ2n) is 6.31. The third-order valence-corrected chi connectivity index (χ3v) is 5.57. The number of carbonyl (C=O) groups is 2. The molecule has 132 valence electrons. The largest absolute Gasteiger partial charge is 0.486 e. The molecule has 8 heteroatoms. The van der Waals surface area contributed by atoms with E-state index in [1.807, 2.05) is 4.90 Å². The van der Waals surface area contributed by atoms with Crippen LogP contribution in [-0.4, -0.2) is 47.6 Å². The molecule has 0 radical (unpaired) electrons. The number of nitrogens with zero attached hydrogens (tertiary/aromatic N) is 2. The van der Waals surface area contributed by atoms with Gasteiger partial charge in [-0.05, 0) is 25.7 Å². The van der Waals surface area contributed by atoms with Crippen LogP contribution in [0.4, 0.5) is 9.93 Å². The number of aromatic nitrogens is 1. The van der Waals surface area contributed by atoms with Crippen LogP contribution in [0.1, 0.15) is 44.9 Å². The van der Waals surface area contributed by atoms with Crippen LogP contribution in [-0.2, 0) is 4.79 Å². The molecule has 3 rings (SSSR count). The summed E-state index contributed by atoms with van der Waals surface area (Å²) in [5.74, 6) is 0.0556. The number of hydrogen-bond donors (Lipinski definition) is 2. The highest BCUT2D eigenvalue weighted by atomic mass is 32.1. The molecular formula is C16H24N4O3S. The van der Waals surface area contributed by atoms with E-state index in [2.05, 4.69) is 15.6 Å². The van der Waals surface area contributed by atoms with Crippen molar-refractivity contribution in [2.75, 3.05) is 19.0 Å². The first-order valence-electron chi connectivity index (χ1n) is 8.55. The van der Waals surface area contributed by atoms with Crippen molar-refractivity contribution >= 4 is 28.4 Å². The molecular weight excluding hydrogens is 328 g/mol. The minimum Gasteiger partial charge on any atom is -0.486 e. The zero-order valence-electron chi connectivity index (χ0n) is 13.9. The molecule has 1 aromatic heterocycles. The van der Waals surface area contributed by atoms with Crippen LogP contribution in [0, 0.1) is 0 Å². The van der Waals surface area contributed by atoms with Crippen molar-refractivity contribution < 1.29 is 14.3 Å². The van der Waals surface area contributed by atoms with Gasteiger partial charge in [0.2, 0.25) is 5.91 Å². The molecule has 2 N–H and O–H groups in total. The third kappa shape index (κ3) is 3.98. The zero-order chi connectivity index (χ0) is 16.9. The summed E-state index contributed by atoms with van der Waals surface area (Å²) in [7, 11) is 1.55. The highest BCUT2D eigenvalue weighted by Gasteiger charge is 2.34. The van der Waals surface area contributed by atoms with Crippen molar-refractivity contribution in [2.24, 2.45) is 0 Å². The number of methoxy groups -OCH3 is 1. The Morgan fingerprint density at radius 3 is 2.79 bits per heavy atom. The van der Waals surface area contributed by atoms with E-state index >= 15 is 0 Å². The molecule has 2 aliphatic rings. The Morgan fingerprint density at radius 2 is 2.08 bits per heavy atom. The first-order valence-corrected chi connectivity index (χ1v) is 9.37. The SMILES string of the molecule is COc1cnc(NC(=O)NC2CCCN(C3CCCCC3)C2=O)s1. The van der Waals surface area contributed by atoms with Crippen LogP contribution >= 0.6 is 11.3 Å². The fraction of sp³-hybridized carbons (Fsp3) is 0.688. The molecule has 0 spiro atoms. The maximum absolute atomic E-state index is 12.7. The standard InChI is InChI=1S/C16H24N4O3S/c1-23-13-10-17-16(24-13)19-15(22)18-12-8-5-9-20(14(12)21)11-6-3-2-4-7-11/h10-12H,2-9H2,1H3,(H2,17,18,19,22). The van der Waals surface area contributed by atoms with Crippen LogP contribution in [0.2, 0.25) is 0 Å². The van der Waals surface area contributed by atoms with Crippen molar-refractivity contribution in [1.29, 1.82) is 0 Å². The van der Waals surface area contributed by atoms with E-state index in [1.165, 1.54) is 30.6 Å². The third-order valence-electron chi connectivity index (χ3n) is 4.70. The Bertz CT molecular complexity index is 586. The topological polar surface area (TPSA) is 83.6 Å². The summed E-state index contributed by atoms with van der Waals surface area (Å²) in [6.07, 6.45) is 9.00. The molecule has 1 saturated heterocycles. The number of anilines is 1. The zero-order valence-corrected chi connectivity index (χ0v) is 14.7. The number of rotatable bonds is 4. The molecule has 1 aliphatic heterocycles. The number of hydrogen-bond acceptors (Lipinski definition) is 5. The van der Waals surface area contributed by atoms with Crippen molar-refractivity contribution in [3.05, 3.63) is 6.20 Å². The fourth-order valence-corrected chi connectivity index (χ4v) is 4.12. The molecule has 2 heterocycles. The van der Waals surface area contributed by atoms with Gasteiger partial charge >= 0.3 is 6.03 Å². The van der Waals surface area contributed by atoms with Gasteiger partial charge in [-0.3, -0.25) is 10.1 Å². The average molecular weight is 352 g/mol. The van der Waals surface area contributed by atoms with Gasteiger partial charge in [0.25, 0.3) is 0 Å². The highest BCUT2D eigenvalue weighted by molar-refractivity contribution is 7.17. The summed E-state index contributed by atoms with van der Waals surface area (Å²) in [6.45, 7) is 0.812.